The highest BCUT2D eigenvalue weighted by molar-refractivity contribution is 5.35. The lowest BCUT2D eigenvalue weighted by molar-refractivity contribution is 0.241. The Hall–Kier alpha value is -1.60. The molecule has 2 unspecified atom stereocenters. The molecule has 2 bridgehead atoms. The Kier molecular flexibility index (Phi) is 3.08. The fourth-order valence-electron chi connectivity index (χ4n) is 4.15. The molecule has 0 aliphatic carbocycles. The Morgan fingerprint density at radius 2 is 1.45 bits per heavy atom. The molecular weight excluding hydrogens is 242 g/mol. The minimum absolute atomic E-state index is 0.530. The van der Waals surface area contributed by atoms with Crippen LogP contribution in [0.2, 0.25) is 0 Å². The van der Waals surface area contributed by atoms with Gasteiger partial charge in [0.25, 0.3) is 0 Å². The Bertz CT molecular complexity index is 523. The second-order valence-electron chi connectivity index (χ2n) is 6.25. The fourth-order valence-corrected chi connectivity index (χ4v) is 4.15. The summed E-state index contributed by atoms with van der Waals surface area (Å²) in [5.74, 6) is 1.47. The van der Waals surface area contributed by atoms with E-state index < -0.39 is 0 Å². The lowest BCUT2D eigenvalue weighted by Crippen LogP contribution is -2.35. The van der Waals surface area contributed by atoms with Gasteiger partial charge in [0.1, 0.15) is 0 Å². The maximum atomic E-state index is 2.72. The van der Waals surface area contributed by atoms with E-state index in [9.17, 15) is 0 Å². The monoisotopic (exact) mass is 263 g/mol. The highest BCUT2D eigenvalue weighted by Gasteiger charge is 2.42. The van der Waals surface area contributed by atoms with E-state index in [0.29, 0.717) is 12.0 Å². The summed E-state index contributed by atoms with van der Waals surface area (Å²) in [6.45, 7) is 2.62. The molecule has 0 spiro atoms. The summed E-state index contributed by atoms with van der Waals surface area (Å²) in [6.07, 6.45) is 2.78. The number of fused-ring (bicyclic) bond motifs is 2. The summed E-state index contributed by atoms with van der Waals surface area (Å²) < 4.78 is 0. The molecule has 3 atom stereocenters. The lowest BCUT2D eigenvalue weighted by atomic mass is 9.81. The Morgan fingerprint density at radius 3 is 1.90 bits per heavy atom. The molecule has 20 heavy (non-hydrogen) atoms. The van der Waals surface area contributed by atoms with Gasteiger partial charge in [0, 0.05) is 18.5 Å². The Labute approximate surface area is 121 Å². The zero-order valence-corrected chi connectivity index (χ0v) is 11.8. The largest absolute Gasteiger partial charge is 0.299 e. The average molecular weight is 263 g/mol. The third-order valence-corrected chi connectivity index (χ3v) is 5.06. The predicted molar refractivity (Wildman–Crippen MR) is 82.8 cm³/mol. The van der Waals surface area contributed by atoms with E-state index in [1.54, 1.807) is 0 Å². The van der Waals surface area contributed by atoms with Crippen molar-refractivity contribution in [2.45, 2.75) is 24.8 Å². The quantitative estimate of drug-likeness (QED) is 0.811. The van der Waals surface area contributed by atoms with Gasteiger partial charge in [-0.2, -0.15) is 0 Å². The highest BCUT2D eigenvalue weighted by Crippen LogP contribution is 2.42. The zero-order valence-electron chi connectivity index (χ0n) is 11.8. The van der Waals surface area contributed by atoms with Gasteiger partial charge in [-0.25, -0.2) is 0 Å². The van der Waals surface area contributed by atoms with Crippen molar-refractivity contribution in [3.63, 3.8) is 0 Å². The van der Waals surface area contributed by atoms with Crippen LogP contribution in [-0.2, 0) is 0 Å². The Morgan fingerprint density at radius 1 is 0.850 bits per heavy atom. The molecule has 0 radical (unpaired) electrons. The van der Waals surface area contributed by atoms with Crippen molar-refractivity contribution in [3.8, 4) is 0 Å². The number of piperidine rings is 1. The minimum Gasteiger partial charge on any atom is -0.299 e. The molecule has 2 aromatic carbocycles. The van der Waals surface area contributed by atoms with E-state index in [-0.39, 0.29) is 0 Å². The van der Waals surface area contributed by atoms with Gasteiger partial charge in [-0.3, -0.25) is 4.90 Å². The fraction of sp³-hybridized carbons (Fsp3) is 0.368. The second-order valence-corrected chi connectivity index (χ2v) is 6.25. The molecule has 0 saturated carbocycles. The van der Waals surface area contributed by atoms with Crippen molar-refractivity contribution in [2.24, 2.45) is 5.92 Å². The highest BCUT2D eigenvalue weighted by atomic mass is 15.2. The van der Waals surface area contributed by atoms with Crippen LogP contribution in [0, 0.1) is 5.92 Å². The Balaban J connectivity index is 1.74. The molecular formula is C19H21N. The van der Waals surface area contributed by atoms with Crippen LogP contribution in [0.1, 0.15) is 29.9 Å². The molecule has 2 aromatic rings. The molecule has 2 fully saturated rings. The molecule has 2 heterocycles. The second kappa shape index (κ2) is 5.06. The van der Waals surface area contributed by atoms with Crippen LogP contribution in [0.3, 0.4) is 0 Å². The van der Waals surface area contributed by atoms with Crippen molar-refractivity contribution >= 4 is 0 Å². The molecule has 2 saturated heterocycles. The van der Waals surface area contributed by atoms with E-state index in [0.717, 1.165) is 5.92 Å². The molecule has 1 nitrogen and oxygen atoms in total. The smallest absolute Gasteiger partial charge is 0.0245 e. The summed E-state index contributed by atoms with van der Waals surface area (Å²) in [5, 5.41) is 0. The van der Waals surface area contributed by atoms with E-state index in [1.165, 1.54) is 37.1 Å². The molecule has 4 rings (SSSR count). The SMILES string of the molecule is c1ccc(C(c2ccccc2)[C@@H]2CC3CCN2C3)cc1. The van der Waals surface area contributed by atoms with Gasteiger partial charge in [0.15, 0.2) is 0 Å². The number of nitrogens with zero attached hydrogens (tertiary/aromatic N) is 1. The van der Waals surface area contributed by atoms with Crippen LogP contribution < -0.4 is 0 Å². The van der Waals surface area contributed by atoms with Crippen LogP contribution in [-0.4, -0.2) is 24.0 Å². The van der Waals surface area contributed by atoms with Gasteiger partial charge in [-0.1, -0.05) is 60.7 Å². The summed E-state index contributed by atoms with van der Waals surface area (Å²) in [4.78, 5) is 2.72. The number of hydrogen-bond acceptors (Lipinski definition) is 1. The first-order valence-electron chi connectivity index (χ1n) is 7.76. The number of hydrogen-bond donors (Lipinski definition) is 0. The first-order valence-corrected chi connectivity index (χ1v) is 7.76. The summed E-state index contributed by atoms with van der Waals surface area (Å²) in [7, 11) is 0. The third kappa shape index (κ3) is 2.06. The van der Waals surface area contributed by atoms with Gasteiger partial charge < -0.3 is 0 Å². The predicted octanol–water partition coefficient (Wildman–Crippen LogP) is 3.91. The molecule has 102 valence electrons. The minimum atomic E-state index is 0.530. The lowest BCUT2D eigenvalue weighted by Gasteiger charge is -2.33. The van der Waals surface area contributed by atoms with Gasteiger partial charge in [-0.05, 0) is 36.4 Å². The molecule has 0 aromatic heterocycles. The topological polar surface area (TPSA) is 3.24 Å². The van der Waals surface area contributed by atoms with E-state index in [1.807, 2.05) is 0 Å². The van der Waals surface area contributed by atoms with Crippen molar-refractivity contribution < 1.29 is 0 Å². The van der Waals surface area contributed by atoms with Gasteiger partial charge in [-0.15, -0.1) is 0 Å². The molecule has 0 N–H and O–H groups in total. The third-order valence-electron chi connectivity index (χ3n) is 5.06. The summed E-state index contributed by atoms with van der Waals surface area (Å²) in [5.41, 5.74) is 2.94. The van der Waals surface area contributed by atoms with Crippen LogP contribution in [0.25, 0.3) is 0 Å². The van der Waals surface area contributed by atoms with Gasteiger partial charge in [0.05, 0.1) is 0 Å². The zero-order chi connectivity index (χ0) is 13.4. The maximum Gasteiger partial charge on any atom is 0.0245 e. The number of rotatable bonds is 3. The average Bonchev–Trinajstić information content (AvgIpc) is 3.13. The number of benzene rings is 2. The maximum absolute atomic E-state index is 2.72. The standard InChI is InChI=1S/C19H21N/c1-3-7-16(8-4-1)19(17-9-5-2-6-10-17)18-13-15-11-12-20(18)14-15/h1-10,15,18-19H,11-14H2/t15?,18-/m0/s1. The summed E-state index contributed by atoms with van der Waals surface area (Å²) in [6, 6.07) is 22.8. The van der Waals surface area contributed by atoms with Crippen molar-refractivity contribution in [3.05, 3.63) is 71.8 Å². The van der Waals surface area contributed by atoms with Crippen molar-refractivity contribution in [2.75, 3.05) is 13.1 Å². The first kappa shape index (κ1) is 12.2. The van der Waals surface area contributed by atoms with E-state index in [4.69, 9.17) is 0 Å². The normalized spacial score (nSPS) is 28.1. The van der Waals surface area contributed by atoms with Crippen molar-refractivity contribution in [1.29, 1.82) is 0 Å². The van der Waals surface area contributed by atoms with Crippen LogP contribution >= 0.6 is 0 Å². The van der Waals surface area contributed by atoms with Crippen LogP contribution in [0.15, 0.2) is 60.7 Å². The first-order chi connectivity index (χ1) is 9.92. The molecule has 2 aliphatic rings. The molecule has 1 heteroatoms. The van der Waals surface area contributed by atoms with Gasteiger partial charge >= 0.3 is 0 Å². The summed E-state index contributed by atoms with van der Waals surface area (Å²) >= 11 is 0. The van der Waals surface area contributed by atoms with Gasteiger partial charge in [0.2, 0.25) is 0 Å². The van der Waals surface area contributed by atoms with E-state index >= 15 is 0 Å². The molecule has 0 amide bonds. The van der Waals surface area contributed by atoms with Crippen molar-refractivity contribution in [1.82, 2.24) is 4.90 Å². The van der Waals surface area contributed by atoms with E-state index in [2.05, 4.69) is 65.6 Å². The van der Waals surface area contributed by atoms with Crippen LogP contribution in [0.5, 0.6) is 0 Å². The molecule has 2 aliphatic heterocycles. The van der Waals surface area contributed by atoms with Crippen LogP contribution in [0.4, 0.5) is 0 Å².